The van der Waals surface area contributed by atoms with Gasteiger partial charge in [0.25, 0.3) is 0 Å². The Balaban J connectivity index is 1.70. The van der Waals surface area contributed by atoms with Crippen LogP contribution in [0.3, 0.4) is 0 Å². The predicted molar refractivity (Wildman–Crippen MR) is 140 cm³/mol. The van der Waals surface area contributed by atoms with Gasteiger partial charge in [0.1, 0.15) is 5.01 Å². The number of nitrogens with zero attached hydrogens (tertiary/aromatic N) is 6. The Bertz CT molecular complexity index is 1030. The molecule has 1 amide bonds. The Labute approximate surface area is 205 Å². The van der Waals surface area contributed by atoms with Crippen LogP contribution < -0.4 is 10.6 Å². The van der Waals surface area contributed by atoms with Crippen molar-refractivity contribution in [3.05, 3.63) is 58.9 Å². The molecule has 0 aliphatic carbocycles. The van der Waals surface area contributed by atoms with Gasteiger partial charge in [0, 0.05) is 31.8 Å². The second kappa shape index (κ2) is 14.0. The molecule has 0 unspecified atom stereocenters. The molecular formula is C24H34N8OS. The van der Waals surface area contributed by atoms with Crippen LogP contribution in [0, 0.1) is 0 Å². The number of carbonyl (C=O) groups excluding carboxylic acids is 1. The molecule has 2 heterocycles. The summed E-state index contributed by atoms with van der Waals surface area (Å²) >= 11 is 1.53. The van der Waals surface area contributed by atoms with Crippen molar-refractivity contribution in [2.24, 2.45) is 5.10 Å². The average molecular weight is 483 g/mol. The van der Waals surface area contributed by atoms with Crippen LogP contribution >= 0.6 is 11.3 Å². The highest BCUT2D eigenvalue weighted by molar-refractivity contribution is 7.15. The molecule has 0 radical (unpaired) electrons. The lowest BCUT2D eigenvalue weighted by molar-refractivity contribution is -0.115. The Hall–Kier alpha value is -3.40. The number of hydrazone groups is 1. The van der Waals surface area contributed by atoms with Crippen molar-refractivity contribution in [2.75, 3.05) is 24.2 Å². The summed E-state index contributed by atoms with van der Waals surface area (Å²) in [5.41, 5.74) is 3.58. The Morgan fingerprint density at radius 2 is 1.88 bits per heavy atom. The number of aryl methyl sites for hydroxylation is 2. The van der Waals surface area contributed by atoms with Gasteiger partial charge in [0.2, 0.25) is 11.0 Å². The summed E-state index contributed by atoms with van der Waals surface area (Å²) in [6.07, 6.45) is 7.53. The smallest absolute Gasteiger partial charge is 0.229 e. The maximum absolute atomic E-state index is 12.1. The van der Waals surface area contributed by atoms with E-state index in [1.54, 1.807) is 17.3 Å². The van der Waals surface area contributed by atoms with E-state index in [9.17, 15) is 4.79 Å². The number of hydrogen-bond donors (Lipinski definition) is 2. The Morgan fingerprint density at radius 3 is 2.56 bits per heavy atom. The van der Waals surface area contributed by atoms with Crippen molar-refractivity contribution in [1.82, 2.24) is 25.4 Å². The highest BCUT2D eigenvalue weighted by atomic mass is 32.1. The molecule has 182 valence electrons. The first kappa shape index (κ1) is 26.8. The van der Waals surface area contributed by atoms with Gasteiger partial charge in [0.15, 0.2) is 5.82 Å². The molecular weight excluding hydrogens is 448 g/mol. The van der Waals surface area contributed by atoms with Crippen LogP contribution in [-0.4, -0.2) is 51.1 Å². The van der Waals surface area contributed by atoms with E-state index in [4.69, 9.17) is 0 Å². The first-order valence-electron chi connectivity index (χ1n) is 11.2. The van der Waals surface area contributed by atoms with Gasteiger partial charge < -0.3 is 10.6 Å². The summed E-state index contributed by atoms with van der Waals surface area (Å²) < 4.78 is 0. The SMILES string of the molecule is C=C(C)/C=C(\C)CC(=O)Nc1ccc(CCCCc2nnc(NC(=C)CN(C)/N=C\C)s2)nn1. The number of allylic oxidation sites excluding steroid dienone is 2. The number of amides is 1. The first-order chi connectivity index (χ1) is 16.2. The van der Waals surface area contributed by atoms with E-state index in [-0.39, 0.29) is 5.91 Å². The van der Waals surface area contributed by atoms with Crippen LogP contribution in [-0.2, 0) is 17.6 Å². The van der Waals surface area contributed by atoms with Crippen LogP contribution in [0.2, 0.25) is 0 Å². The molecule has 0 bridgehead atoms. The lowest BCUT2D eigenvalue weighted by Gasteiger charge is -2.14. The van der Waals surface area contributed by atoms with E-state index in [1.165, 1.54) is 11.3 Å². The monoisotopic (exact) mass is 482 g/mol. The number of unbranched alkanes of at least 4 members (excludes halogenated alkanes) is 1. The number of likely N-dealkylation sites (N-methyl/N-ethyl adjacent to an activating group) is 1. The summed E-state index contributed by atoms with van der Waals surface area (Å²) in [4.78, 5) is 12.1. The van der Waals surface area contributed by atoms with Crippen molar-refractivity contribution >= 4 is 34.4 Å². The molecule has 0 atom stereocenters. The number of anilines is 2. The number of rotatable bonds is 14. The summed E-state index contributed by atoms with van der Waals surface area (Å²) in [6, 6.07) is 3.69. The van der Waals surface area contributed by atoms with E-state index in [1.807, 2.05) is 40.0 Å². The quantitative estimate of drug-likeness (QED) is 0.175. The van der Waals surface area contributed by atoms with Crippen molar-refractivity contribution < 1.29 is 4.79 Å². The van der Waals surface area contributed by atoms with Gasteiger partial charge in [-0.1, -0.05) is 41.7 Å². The molecule has 2 N–H and O–H groups in total. The molecule has 0 aliphatic heterocycles. The normalized spacial score (nSPS) is 11.5. The molecule has 0 spiro atoms. The maximum atomic E-state index is 12.1. The molecule has 0 saturated carbocycles. The minimum atomic E-state index is -0.118. The van der Waals surface area contributed by atoms with Crippen molar-refractivity contribution in [3.63, 3.8) is 0 Å². The molecule has 0 saturated heterocycles. The molecule has 34 heavy (non-hydrogen) atoms. The minimum Gasteiger partial charge on any atom is -0.333 e. The lowest BCUT2D eigenvalue weighted by Crippen LogP contribution is -2.18. The van der Waals surface area contributed by atoms with E-state index < -0.39 is 0 Å². The van der Waals surface area contributed by atoms with Crippen molar-refractivity contribution in [3.8, 4) is 0 Å². The molecule has 0 aliphatic rings. The van der Waals surface area contributed by atoms with Crippen LogP contribution in [0.5, 0.6) is 0 Å². The fraction of sp³-hybridized carbons (Fsp3) is 0.417. The van der Waals surface area contributed by atoms with Gasteiger partial charge in [-0.05, 0) is 52.2 Å². The third kappa shape index (κ3) is 10.5. The zero-order chi connectivity index (χ0) is 24.9. The Kier molecular flexibility index (Phi) is 11.0. The standard InChI is InChI=1S/C24H34N8OS/c1-7-25-32(6)16-19(5)26-24-31-30-23(34-24)11-9-8-10-20-12-13-21(29-28-20)27-22(33)15-18(4)14-17(2)3/h7,12-14H,2,5,8-11,15-16H2,1,3-4,6H3,(H,26,31)(H,27,29,33)/b18-14+,25-7-. The first-order valence-corrected chi connectivity index (χ1v) is 12.0. The van der Waals surface area contributed by atoms with Gasteiger partial charge in [0.05, 0.1) is 12.2 Å². The molecule has 2 aromatic heterocycles. The fourth-order valence-corrected chi connectivity index (χ4v) is 3.99. The number of nitrogens with one attached hydrogen (secondary N) is 2. The van der Waals surface area contributed by atoms with Crippen LogP contribution in [0.15, 0.2) is 53.3 Å². The summed E-state index contributed by atoms with van der Waals surface area (Å²) in [5, 5.41) is 30.4. The maximum Gasteiger partial charge on any atom is 0.229 e. The molecule has 9 nitrogen and oxygen atoms in total. The van der Waals surface area contributed by atoms with E-state index in [0.717, 1.165) is 58.4 Å². The third-order valence-electron chi connectivity index (χ3n) is 4.48. The van der Waals surface area contributed by atoms with Gasteiger partial charge in [-0.3, -0.25) is 9.80 Å². The summed E-state index contributed by atoms with van der Waals surface area (Å²) in [5.74, 6) is 0.341. The van der Waals surface area contributed by atoms with Gasteiger partial charge in [-0.25, -0.2) is 0 Å². The molecule has 0 aromatic carbocycles. The molecule has 0 fully saturated rings. The van der Waals surface area contributed by atoms with Crippen molar-refractivity contribution in [1.29, 1.82) is 0 Å². The van der Waals surface area contributed by atoms with E-state index in [0.29, 0.717) is 18.8 Å². The fourth-order valence-electron chi connectivity index (χ4n) is 3.16. The predicted octanol–water partition coefficient (Wildman–Crippen LogP) is 4.61. The molecule has 2 aromatic rings. The molecule has 10 heteroatoms. The second-order valence-electron chi connectivity index (χ2n) is 8.10. The minimum absolute atomic E-state index is 0.118. The highest BCUT2D eigenvalue weighted by Crippen LogP contribution is 2.19. The van der Waals surface area contributed by atoms with E-state index in [2.05, 4.69) is 49.3 Å². The second-order valence-corrected chi connectivity index (χ2v) is 9.16. The average Bonchev–Trinajstić information content (AvgIpc) is 3.18. The van der Waals surface area contributed by atoms with Crippen LogP contribution in [0.25, 0.3) is 0 Å². The van der Waals surface area contributed by atoms with Crippen molar-refractivity contribution in [2.45, 2.75) is 52.9 Å². The highest BCUT2D eigenvalue weighted by Gasteiger charge is 2.08. The van der Waals surface area contributed by atoms with Crippen LogP contribution in [0.4, 0.5) is 10.9 Å². The van der Waals surface area contributed by atoms with Gasteiger partial charge in [-0.2, -0.15) is 10.2 Å². The zero-order valence-corrected chi connectivity index (χ0v) is 21.3. The van der Waals surface area contributed by atoms with Gasteiger partial charge >= 0.3 is 0 Å². The topological polar surface area (TPSA) is 108 Å². The zero-order valence-electron chi connectivity index (χ0n) is 20.5. The van der Waals surface area contributed by atoms with E-state index >= 15 is 0 Å². The lowest BCUT2D eigenvalue weighted by atomic mass is 10.1. The van der Waals surface area contributed by atoms with Crippen LogP contribution in [0.1, 0.15) is 50.7 Å². The Morgan fingerprint density at radius 1 is 1.12 bits per heavy atom. The third-order valence-corrected chi connectivity index (χ3v) is 5.37. The summed E-state index contributed by atoms with van der Waals surface area (Å²) in [6.45, 7) is 14.1. The number of hydrogen-bond acceptors (Lipinski definition) is 9. The molecule has 2 rings (SSSR count). The van der Waals surface area contributed by atoms with Gasteiger partial charge in [-0.15, -0.1) is 15.3 Å². The summed E-state index contributed by atoms with van der Waals surface area (Å²) in [7, 11) is 1.89. The number of aromatic nitrogens is 4. The largest absolute Gasteiger partial charge is 0.333 e. The number of carbonyl (C=O) groups is 1.